The summed E-state index contributed by atoms with van der Waals surface area (Å²) in [5.74, 6) is 0. The number of hydrogen-bond acceptors (Lipinski definition) is 4. The largest absolute Gasteiger partial charge is 0.527 e. The molecule has 0 unspecified atom stereocenters. The van der Waals surface area contributed by atoms with E-state index in [9.17, 15) is 57.1 Å². The van der Waals surface area contributed by atoms with Gasteiger partial charge in [-0.2, -0.15) is 43.9 Å². The van der Waals surface area contributed by atoms with Gasteiger partial charge in [0.15, 0.2) is 0 Å². The zero-order valence-electron chi connectivity index (χ0n) is 13.5. The first-order valence-corrected chi connectivity index (χ1v) is 8.00. The van der Waals surface area contributed by atoms with Crippen LogP contribution in [0.5, 0.6) is 0 Å². The number of unbranched alkanes of at least 4 members (excludes halogenated alkanes) is 1. The molecule has 0 amide bonds. The highest BCUT2D eigenvalue weighted by Gasteiger charge is 2.74. The lowest BCUT2D eigenvalue weighted by Gasteiger charge is -2.33. The van der Waals surface area contributed by atoms with Gasteiger partial charge in [0.05, 0.1) is 0 Å². The van der Waals surface area contributed by atoms with Crippen molar-refractivity contribution in [1.82, 2.24) is 0 Å². The average molecular weight is 533 g/mol. The van der Waals surface area contributed by atoms with Crippen molar-refractivity contribution in [3.63, 3.8) is 0 Å². The maximum absolute atomic E-state index is 13.1. The maximum Gasteiger partial charge on any atom is 0.527 e. The van der Waals surface area contributed by atoms with Crippen LogP contribution in [0.15, 0.2) is 0 Å². The number of hydrogen-bond donors (Lipinski definition) is 0. The zero-order chi connectivity index (χ0) is 23.4. The Kier molecular flexibility index (Phi) is 9.50. The Hall–Kier alpha value is -0.590. The van der Waals surface area contributed by atoms with E-state index in [1.165, 1.54) is 4.74 Å². The van der Waals surface area contributed by atoms with Crippen molar-refractivity contribution in [1.29, 1.82) is 0 Å². The normalized spacial score (nSPS) is 15.1. The van der Waals surface area contributed by atoms with Crippen molar-refractivity contribution in [3.8, 4) is 0 Å². The van der Waals surface area contributed by atoms with Crippen LogP contribution in [0.3, 0.4) is 0 Å². The summed E-state index contributed by atoms with van der Waals surface area (Å²) in [4.78, 5) is 0. The second-order valence-electron chi connectivity index (χ2n) is 4.91. The SMILES string of the molecule is FC(F)(F)OC(F)(F)C(F)(F)OC(F)(F)C(F)(F)OC(F)(F)COCCCCBr. The molecular formula is C11H10BrF13O4. The quantitative estimate of drug-likeness (QED) is 0.173. The third kappa shape index (κ3) is 9.39. The predicted molar refractivity (Wildman–Crippen MR) is 67.9 cm³/mol. The fourth-order valence-electron chi connectivity index (χ4n) is 1.25. The van der Waals surface area contributed by atoms with Crippen molar-refractivity contribution in [2.75, 3.05) is 18.5 Å². The Morgan fingerprint density at radius 2 is 0.966 bits per heavy atom. The van der Waals surface area contributed by atoms with E-state index in [-0.39, 0.29) is 6.42 Å². The molecule has 0 aliphatic carbocycles. The minimum absolute atomic E-state index is 0.109. The van der Waals surface area contributed by atoms with Gasteiger partial charge in [0.25, 0.3) is 0 Å². The Labute approximate surface area is 161 Å². The van der Waals surface area contributed by atoms with Gasteiger partial charge in [-0.1, -0.05) is 15.9 Å². The third-order valence-electron chi connectivity index (χ3n) is 2.40. The molecular weight excluding hydrogens is 523 g/mol. The van der Waals surface area contributed by atoms with Crippen molar-refractivity contribution >= 4 is 15.9 Å². The Morgan fingerprint density at radius 3 is 1.38 bits per heavy atom. The molecule has 0 heterocycles. The monoisotopic (exact) mass is 532 g/mol. The Morgan fingerprint density at radius 1 is 0.552 bits per heavy atom. The number of alkyl halides is 14. The molecule has 0 atom stereocenters. The standard InChI is InChI=1S/C11H10BrF13O4/c12-3-1-2-4-26-5-6(13,14)27-7(15,16)8(17,18)28-9(19,20)10(21,22)29-11(23,24)25/h1-5H2. The molecule has 18 heteroatoms. The van der Waals surface area contributed by atoms with Crippen LogP contribution in [0.25, 0.3) is 0 Å². The molecule has 0 aromatic rings. The van der Waals surface area contributed by atoms with Gasteiger partial charge in [-0.3, -0.25) is 0 Å². The summed E-state index contributed by atoms with van der Waals surface area (Å²) in [7, 11) is 0. The van der Waals surface area contributed by atoms with Crippen LogP contribution in [0, 0.1) is 0 Å². The first-order chi connectivity index (χ1) is 12.7. The van der Waals surface area contributed by atoms with Crippen LogP contribution in [-0.2, 0) is 18.9 Å². The van der Waals surface area contributed by atoms with Gasteiger partial charge in [0.2, 0.25) is 0 Å². The van der Waals surface area contributed by atoms with Crippen molar-refractivity contribution in [2.24, 2.45) is 0 Å². The summed E-state index contributed by atoms with van der Waals surface area (Å²) in [5, 5.41) is 0.405. The topological polar surface area (TPSA) is 36.9 Å². The Balaban J connectivity index is 5.19. The maximum atomic E-state index is 13.1. The highest BCUT2D eigenvalue weighted by Crippen LogP contribution is 2.48. The molecule has 0 aromatic heterocycles. The summed E-state index contributed by atoms with van der Waals surface area (Å²) < 4.78 is 174. The summed E-state index contributed by atoms with van der Waals surface area (Å²) in [6.07, 6.45) is -39.0. The molecule has 0 aromatic carbocycles. The van der Waals surface area contributed by atoms with Crippen LogP contribution < -0.4 is 0 Å². The minimum atomic E-state index is -7.06. The second kappa shape index (κ2) is 9.69. The molecule has 0 saturated heterocycles. The third-order valence-corrected chi connectivity index (χ3v) is 2.96. The molecule has 0 bridgehead atoms. The van der Waals surface area contributed by atoms with E-state index in [0.29, 0.717) is 11.8 Å². The average Bonchev–Trinajstić information content (AvgIpc) is 2.41. The molecule has 29 heavy (non-hydrogen) atoms. The molecule has 0 rings (SSSR count). The summed E-state index contributed by atoms with van der Waals surface area (Å²) in [5.41, 5.74) is 0. The lowest BCUT2D eigenvalue weighted by Crippen LogP contribution is -2.57. The number of ether oxygens (including phenoxy) is 4. The Bertz CT molecular complexity index is 511. The molecule has 0 fully saturated rings. The molecule has 0 aliphatic heterocycles. The van der Waals surface area contributed by atoms with E-state index in [0.717, 1.165) is 0 Å². The van der Waals surface area contributed by atoms with Gasteiger partial charge < -0.3 is 4.74 Å². The van der Waals surface area contributed by atoms with Gasteiger partial charge in [-0.15, -0.1) is 13.2 Å². The van der Waals surface area contributed by atoms with E-state index in [1.54, 1.807) is 4.74 Å². The van der Waals surface area contributed by atoms with Gasteiger partial charge in [0.1, 0.15) is 6.61 Å². The van der Waals surface area contributed by atoms with E-state index in [1.807, 2.05) is 0 Å². The highest BCUT2D eigenvalue weighted by molar-refractivity contribution is 9.09. The lowest BCUT2D eigenvalue weighted by molar-refractivity contribution is -0.564. The minimum Gasteiger partial charge on any atom is -0.372 e. The predicted octanol–water partition coefficient (Wildman–Crippen LogP) is 5.71. The van der Waals surface area contributed by atoms with Gasteiger partial charge in [0, 0.05) is 11.9 Å². The summed E-state index contributed by atoms with van der Waals surface area (Å²) in [6, 6.07) is 0. The zero-order valence-corrected chi connectivity index (χ0v) is 15.0. The molecule has 0 radical (unpaired) electrons. The van der Waals surface area contributed by atoms with Crippen molar-refractivity contribution < 1.29 is 76.0 Å². The van der Waals surface area contributed by atoms with E-state index < -0.39 is 50.1 Å². The molecule has 0 N–H and O–H groups in total. The van der Waals surface area contributed by atoms with E-state index in [2.05, 4.69) is 25.4 Å². The molecule has 0 spiro atoms. The van der Waals surface area contributed by atoms with Gasteiger partial charge in [-0.25, -0.2) is 14.2 Å². The van der Waals surface area contributed by atoms with Crippen molar-refractivity contribution in [3.05, 3.63) is 0 Å². The number of rotatable bonds is 13. The van der Waals surface area contributed by atoms with Gasteiger partial charge in [-0.05, 0) is 12.8 Å². The molecule has 0 saturated carbocycles. The fraction of sp³-hybridized carbons (Fsp3) is 1.00. The number of halogens is 14. The van der Waals surface area contributed by atoms with Crippen LogP contribution >= 0.6 is 15.9 Å². The second-order valence-corrected chi connectivity index (χ2v) is 5.70. The van der Waals surface area contributed by atoms with Crippen LogP contribution in [0.2, 0.25) is 0 Å². The van der Waals surface area contributed by atoms with E-state index in [4.69, 9.17) is 0 Å². The molecule has 0 aliphatic rings. The first-order valence-electron chi connectivity index (χ1n) is 6.88. The summed E-state index contributed by atoms with van der Waals surface area (Å²) >= 11 is 2.95. The van der Waals surface area contributed by atoms with E-state index >= 15 is 0 Å². The van der Waals surface area contributed by atoms with Gasteiger partial charge >= 0.3 is 36.9 Å². The van der Waals surface area contributed by atoms with Crippen LogP contribution in [-0.4, -0.2) is 55.4 Å². The smallest absolute Gasteiger partial charge is 0.372 e. The van der Waals surface area contributed by atoms with Crippen molar-refractivity contribution in [2.45, 2.75) is 49.7 Å². The van der Waals surface area contributed by atoms with Crippen LogP contribution in [0.1, 0.15) is 12.8 Å². The first kappa shape index (κ1) is 28.4. The lowest BCUT2D eigenvalue weighted by atomic mass is 10.4. The fourth-order valence-corrected chi connectivity index (χ4v) is 1.65. The summed E-state index contributed by atoms with van der Waals surface area (Å²) in [6.45, 7) is -2.56. The van der Waals surface area contributed by atoms with Crippen LogP contribution in [0.4, 0.5) is 57.1 Å². The molecule has 4 nitrogen and oxygen atoms in total. The molecule has 176 valence electrons. The highest BCUT2D eigenvalue weighted by atomic mass is 79.9.